The van der Waals surface area contributed by atoms with Crippen LogP contribution in [-0.2, 0) is 4.79 Å². The van der Waals surface area contributed by atoms with Crippen LogP contribution in [0.2, 0.25) is 0 Å². The van der Waals surface area contributed by atoms with Crippen LogP contribution in [0.25, 0.3) is 5.57 Å². The van der Waals surface area contributed by atoms with E-state index in [0.29, 0.717) is 17.1 Å². The molecule has 0 aliphatic heterocycles. The lowest BCUT2D eigenvalue weighted by molar-refractivity contribution is -0.130. The van der Waals surface area contributed by atoms with Crippen molar-refractivity contribution in [1.29, 1.82) is 0 Å². The first-order valence-electron chi connectivity index (χ1n) is 3.78. The molecule has 0 aliphatic carbocycles. The molecule has 0 bridgehead atoms. The van der Waals surface area contributed by atoms with Crippen LogP contribution >= 0.6 is 11.3 Å². The number of aliphatic carboxylic acids is 1. The predicted octanol–water partition coefficient (Wildman–Crippen LogP) is 1.31. The van der Waals surface area contributed by atoms with Crippen LogP contribution in [-0.4, -0.2) is 16.1 Å². The van der Waals surface area contributed by atoms with Gasteiger partial charge in [0.05, 0.1) is 0 Å². The van der Waals surface area contributed by atoms with Gasteiger partial charge in [-0.3, -0.25) is 0 Å². The van der Waals surface area contributed by atoms with Crippen molar-refractivity contribution in [3.05, 3.63) is 22.3 Å². The van der Waals surface area contributed by atoms with Crippen molar-refractivity contribution in [2.24, 2.45) is 5.73 Å². The highest BCUT2D eigenvalue weighted by Gasteiger charge is 2.16. The fourth-order valence-electron chi connectivity index (χ4n) is 0.890. The first-order chi connectivity index (χ1) is 6.16. The molecule has 0 unspecified atom stereocenters. The molecule has 1 rings (SSSR count). The summed E-state index contributed by atoms with van der Waals surface area (Å²) in [5, 5.41) is 11.1. The maximum Gasteiger partial charge on any atom is 0.340 e. The summed E-state index contributed by atoms with van der Waals surface area (Å²) >= 11 is 1.27. The van der Waals surface area contributed by atoms with Gasteiger partial charge in [-0.15, -0.1) is 11.3 Å². The Kier molecular flexibility index (Phi) is 3.02. The minimum Gasteiger partial charge on any atom is -0.478 e. The van der Waals surface area contributed by atoms with Crippen molar-refractivity contribution in [3.8, 4) is 0 Å². The predicted molar refractivity (Wildman–Crippen MR) is 51.1 cm³/mol. The van der Waals surface area contributed by atoms with Gasteiger partial charge in [0.2, 0.25) is 0 Å². The molecule has 0 spiro atoms. The highest BCUT2D eigenvalue weighted by atomic mass is 32.1. The smallest absolute Gasteiger partial charge is 0.340 e. The number of carboxylic acids is 1. The van der Waals surface area contributed by atoms with E-state index in [2.05, 4.69) is 4.98 Å². The fraction of sp³-hybridized carbons (Fsp3) is 0.250. The summed E-state index contributed by atoms with van der Waals surface area (Å²) in [6.45, 7) is 1.81. The molecular weight excluding hydrogens is 188 g/mol. The van der Waals surface area contributed by atoms with Crippen LogP contribution in [0.4, 0.5) is 0 Å². The zero-order chi connectivity index (χ0) is 9.84. The number of rotatable bonds is 3. The molecule has 1 heterocycles. The molecule has 0 saturated carbocycles. The first kappa shape index (κ1) is 9.73. The lowest BCUT2D eigenvalue weighted by atomic mass is 10.2. The second kappa shape index (κ2) is 4.04. The summed E-state index contributed by atoms with van der Waals surface area (Å²) < 4.78 is 0. The Bertz CT molecular complexity index is 330. The number of aromatic nitrogens is 1. The van der Waals surface area contributed by atoms with Gasteiger partial charge in [-0.1, -0.05) is 6.92 Å². The van der Waals surface area contributed by atoms with Crippen molar-refractivity contribution < 1.29 is 9.90 Å². The van der Waals surface area contributed by atoms with Crippen molar-refractivity contribution >= 4 is 22.9 Å². The van der Waals surface area contributed by atoms with Gasteiger partial charge in [0, 0.05) is 17.3 Å². The van der Waals surface area contributed by atoms with Crippen LogP contribution in [0.3, 0.4) is 0 Å². The summed E-state index contributed by atoms with van der Waals surface area (Å²) in [7, 11) is 0. The average molecular weight is 198 g/mol. The number of allylic oxidation sites excluding steroid dienone is 1. The highest BCUT2D eigenvalue weighted by Crippen LogP contribution is 2.20. The molecule has 3 N–H and O–H groups in total. The number of nitrogens with zero attached hydrogens (tertiary/aromatic N) is 1. The highest BCUT2D eigenvalue weighted by molar-refractivity contribution is 7.11. The van der Waals surface area contributed by atoms with Crippen LogP contribution in [0, 0.1) is 0 Å². The van der Waals surface area contributed by atoms with E-state index in [1.54, 1.807) is 11.6 Å². The van der Waals surface area contributed by atoms with E-state index < -0.39 is 5.97 Å². The molecule has 5 heteroatoms. The van der Waals surface area contributed by atoms with Crippen molar-refractivity contribution in [1.82, 2.24) is 4.98 Å². The number of thiazole rings is 1. The van der Waals surface area contributed by atoms with Gasteiger partial charge in [0.15, 0.2) is 0 Å². The average Bonchev–Trinajstić information content (AvgIpc) is 2.56. The number of nitrogens with two attached hydrogens (primary N) is 1. The summed E-state index contributed by atoms with van der Waals surface area (Å²) in [5.74, 6) is -1.02. The molecule has 0 atom stereocenters. The van der Waals surface area contributed by atoms with Gasteiger partial charge in [-0.25, -0.2) is 9.78 Å². The quantitative estimate of drug-likeness (QED) is 0.718. The molecule has 70 valence electrons. The Morgan fingerprint density at radius 1 is 1.77 bits per heavy atom. The Morgan fingerprint density at radius 2 is 2.46 bits per heavy atom. The van der Waals surface area contributed by atoms with E-state index in [1.165, 1.54) is 11.3 Å². The standard InChI is InChI=1S/C8H10N2O2S/c1-2-5(9)6(8(11)12)7-10-3-4-13-7/h3-4H,2,9H2,1H3,(H,11,12). The minimum absolute atomic E-state index is 0.123. The van der Waals surface area contributed by atoms with E-state index in [0.717, 1.165) is 0 Å². The summed E-state index contributed by atoms with van der Waals surface area (Å²) in [4.78, 5) is 14.7. The van der Waals surface area contributed by atoms with Crippen molar-refractivity contribution in [2.45, 2.75) is 13.3 Å². The van der Waals surface area contributed by atoms with Gasteiger partial charge in [0.1, 0.15) is 10.6 Å². The molecule has 1 aromatic heterocycles. The largest absolute Gasteiger partial charge is 0.478 e. The second-order valence-electron chi connectivity index (χ2n) is 2.40. The van der Waals surface area contributed by atoms with Crippen LogP contribution in [0.1, 0.15) is 18.4 Å². The minimum atomic E-state index is -1.02. The summed E-state index contributed by atoms with van der Waals surface area (Å²) in [5.41, 5.74) is 6.06. The van der Waals surface area contributed by atoms with Crippen LogP contribution < -0.4 is 5.73 Å². The molecule has 13 heavy (non-hydrogen) atoms. The lowest BCUT2D eigenvalue weighted by Gasteiger charge is -2.01. The van der Waals surface area contributed by atoms with E-state index in [4.69, 9.17) is 10.8 Å². The van der Waals surface area contributed by atoms with E-state index in [9.17, 15) is 4.79 Å². The zero-order valence-corrected chi connectivity index (χ0v) is 7.97. The second-order valence-corrected chi connectivity index (χ2v) is 3.29. The molecule has 1 aromatic rings. The molecule has 0 amide bonds. The fourth-order valence-corrected chi connectivity index (χ4v) is 1.60. The van der Waals surface area contributed by atoms with Gasteiger partial charge in [-0.2, -0.15) is 0 Å². The normalized spacial score (nSPS) is 12.4. The number of carboxylic acid groups (broad SMARTS) is 1. The maximum absolute atomic E-state index is 10.8. The molecule has 0 aliphatic rings. The van der Waals surface area contributed by atoms with Crippen LogP contribution in [0.5, 0.6) is 0 Å². The van der Waals surface area contributed by atoms with E-state index in [1.807, 2.05) is 6.92 Å². The van der Waals surface area contributed by atoms with Gasteiger partial charge >= 0.3 is 5.97 Å². The van der Waals surface area contributed by atoms with Crippen molar-refractivity contribution in [2.75, 3.05) is 0 Å². The van der Waals surface area contributed by atoms with Crippen LogP contribution in [0.15, 0.2) is 17.3 Å². The van der Waals surface area contributed by atoms with Gasteiger partial charge in [-0.05, 0) is 6.42 Å². The molecular formula is C8H10N2O2S. The maximum atomic E-state index is 10.8. The molecule has 4 nitrogen and oxygen atoms in total. The molecule has 0 saturated heterocycles. The van der Waals surface area contributed by atoms with E-state index in [-0.39, 0.29) is 5.57 Å². The topological polar surface area (TPSA) is 76.2 Å². The van der Waals surface area contributed by atoms with Gasteiger partial charge in [0.25, 0.3) is 0 Å². The molecule has 0 fully saturated rings. The molecule has 0 aromatic carbocycles. The monoisotopic (exact) mass is 198 g/mol. The third-order valence-corrected chi connectivity index (χ3v) is 2.35. The number of hydrogen-bond donors (Lipinski definition) is 2. The third kappa shape index (κ3) is 2.06. The summed E-state index contributed by atoms with van der Waals surface area (Å²) in [6.07, 6.45) is 2.08. The molecule has 0 radical (unpaired) electrons. The van der Waals surface area contributed by atoms with Gasteiger partial charge < -0.3 is 10.8 Å². The van der Waals surface area contributed by atoms with Crippen molar-refractivity contribution in [3.63, 3.8) is 0 Å². The third-order valence-electron chi connectivity index (χ3n) is 1.56. The SMILES string of the molecule is CCC(N)=C(C(=O)O)c1nccs1. The van der Waals surface area contributed by atoms with E-state index >= 15 is 0 Å². The number of hydrogen-bond acceptors (Lipinski definition) is 4. The summed E-state index contributed by atoms with van der Waals surface area (Å²) in [6, 6.07) is 0. The lowest BCUT2D eigenvalue weighted by Crippen LogP contribution is -2.08. The first-order valence-corrected chi connectivity index (χ1v) is 4.66. The number of carbonyl (C=O) groups is 1. The Hall–Kier alpha value is -1.36. The Morgan fingerprint density at radius 3 is 2.85 bits per heavy atom. The zero-order valence-electron chi connectivity index (χ0n) is 7.15. The Labute approximate surface area is 79.7 Å². The Balaban J connectivity index is 3.15.